The Morgan fingerprint density at radius 3 is 2.32 bits per heavy atom. The SMILES string of the molecule is CC(C)c1ncccc1CNc1nc(Nc2ccc3c(c2)C2CCCC3S2(=O)=O)ncc1C(F)(F)F.CCc1ccccc1N(C)S(C)(=O)=O. The lowest BCUT2D eigenvalue weighted by Crippen LogP contribution is -2.25. The van der Waals surface area contributed by atoms with Gasteiger partial charge < -0.3 is 10.6 Å². The number of pyridine rings is 1. The summed E-state index contributed by atoms with van der Waals surface area (Å²) in [5.41, 5.74) is 4.50. The lowest BCUT2D eigenvalue weighted by atomic mass is 10.0. The van der Waals surface area contributed by atoms with E-state index in [1.807, 2.05) is 51.1 Å². The highest BCUT2D eigenvalue weighted by Gasteiger charge is 2.47. The first kappa shape index (κ1) is 37.0. The maximum absolute atomic E-state index is 13.7. The van der Waals surface area contributed by atoms with Crippen molar-refractivity contribution in [2.24, 2.45) is 0 Å². The summed E-state index contributed by atoms with van der Waals surface area (Å²) in [6, 6.07) is 16.3. The van der Waals surface area contributed by atoms with E-state index in [0.717, 1.165) is 52.7 Å². The first-order valence-corrected chi connectivity index (χ1v) is 19.7. The highest BCUT2D eigenvalue weighted by molar-refractivity contribution is 7.92. The number of hydrogen-bond acceptors (Lipinski definition) is 9. The lowest BCUT2D eigenvalue weighted by Gasteiger charge is -2.19. The number of nitrogens with zero attached hydrogens (tertiary/aromatic N) is 4. The van der Waals surface area contributed by atoms with Crippen molar-refractivity contribution in [3.8, 4) is 0 Å². The summed E-state index contributed by atoms with van der Waals surface area (Å²) in [6.07, 6.45) is 1.83. The molecule has 0 amide bonds. The average molecular weight is 731 g/mol. The van der Waals surface area contributed by atoms with Gasteiger partial charge in [-0.05, 0) is 71.7 Å². The van der Waals surface area contributed by atoms with E-state index in [-0.39, 0.29) is 24.2 Å². The van der Waals surface area contributed by atoms with Gasteiger partial charge in [0.25, 0.3) is 0 Å². The molecule has 0 aliphatic carbocycles. The maximum atomic E-state index is 13.7. The maximum Gasteiger partial charge on any atom is 0.421 e. The molecule has 2 aliphatic rings. The molecule has 2 aromatic heterocycles. The minimum Gasteiger partial charge on any atom is -0.365 e. The van der Waals surface area contributed by atoms with Crippen molar-refractivity contribution in [1.29, 1.82) is 0 Å². The third-order valence-electron chi connectivity index (χ3n) is 8.99. The molecule has 6 rings (SSSR count). The van der Waals surface area contributed by atoms with Crippen molar-refractivity contribution in [3.05, 3.63) is 101 Å². The minimum absolute atomic E-state index is 0.0236. The molecule has 268 valence electrons. The van der Waals surface area contributed by atoms with Gasteiger partial charge in [-0.15, -0.1) is 0 Å². The van der Waals surface area contributed by atoms with Crippen molar-refractivity contribution in [2.45, 2.75) is 75.6 Å². The zero-order chi connectivity index (χ0) is 36.4. The monoisotopic (exact) mass is 730 g/mol. The quantitative estimate of drug-likeness (QED) is 0.178. The number of rotatable bonds is 9. The topological polar surface area (TPSA) is 134 Å². The van der Waals surface area contributed by atoms with Crippen molar-refractivity contribution in [2.75, 3.05) is 28.2 Å². The van der Waals surface area contributed by atoms with Gasteiger partial charge in [0, 0.05) is 37.4 Å². The Hall–Kier alpha value is -4.24. The van der Waals surface area contributed by atoms with Crippen LogP contribution in [0.1, 0.15) is 90.0 Å². The van der Waals surface area contributed by atoms with Crippen LogP contribution in [0.2, 0.25) is 0 Å². The number of fused-ring (bicyclic) bond motifs is 5. The van der Waals surface area contributed by atoms with E-state index in [2.05, 4.69) is 25.6 Å². The van der Waals surface area contributed by atoms with Crippen LogP contribution in [0.5, 0.6) is 0 Å². The number of halogens is 3. The molecular formula is C35H41F3N6O4S2. The van der Waals surface area contributed by atoms with E-state index in [0.29, 0.717) is 18.5 Å². The number of anilines is 4. The molecule has 10 nitrogen and oxygen atoms in total. The zero-order valence-electron chi connectivity index (χ0n) is 28.5. The third kappa shape index (κ3) is 7.88. The van der Waals surface area contributed by atoms with Crippen LogP contribution in [0.15, 0.2) is 67.0 Å². The number of benzene rings is 2. The number of sulfonamides is 1. The van der Waals surface area contributed by atoms with Crippen LogP contribution in [0.4, 0.5) is 36.3 Å². The molecule has 2 N–H and O–H groups in total. The van der Waals surface area contributed by atoms with Crippen molar-refractivity contribution in [1.82, 2.24) is 15.0 Å². The zero-order valence-corrected chi connectivity index (χ0v) is 30.1. The Balaban J connectivity index is 0.000000292. The van der Waals surface area contributed by atoms with E-state index in [4.69, 9.17) is 0 Å². The normalized spacial score (nSPS) is 17.8. The Kier molecular flexibility index (Phi) is 10.8. The predicted molar refractivity (Wildman–Crippen MR) is 190 cm³/mol. The van der Waals surface area contributed by atoms with Gasteiger partial charge in [0.05, 0.1) is 22.4 Å². The first-order chi connectivity index (χ1) is 23.5. The van der Waals surface area contributed by atoms with E-state index < -0.39 is 42.1 Å². The van der Waals surface area contributed by atoms with Crippen LogP contribution in [-0.2, 0) is 39.0 Å². The number of hydrogen-bond donors (Lipinski definition) is 2. The van der Waals surface area contributed by atoms with E-state index in [1.54, 1.807) is 37.5 Å². The van der Waals surface area contributed by atoms with Crippen LogP contribution in [0, 0.1) is 0 Å². The van der Waals surface area contributed by atoms with E-state index in [1.165, 1.54) is 10.6 Å². The number of para-hydroxylation sites is 1. The standard InChI is InChI=1S/C25H26F3N5O2S.C10H15NO2S/c1-14(2)22-15(5-4-10-29-22)12-30-23-19(25(26,27)28)13-31-24(33-23)32-16-8-9-17-18(11-16)21-7-3-6-20(17)36(21,34)35;1-4-9-7-5-6-8-10(9)11(2)14(3,12)13/h4-5,8-11,13-14,20-21H,3,6-7,12H2,1-2H3,(H2,30,31,32,33);5-8H,4H2,1-3H3. The molecule has 0 saturated carbocycles. The van der Waals surface area contributed by atoms with Gasteiger partial charge in [0.1, 0.15) is 11.4 Å². The largest absolute Gasteiger partial charge is 0.421 e. The van der Waals surface area contributed by atoms with Gasteiger partial charge in [0.2, 0.25) is 16.0 Å². The third-order valence-corrected chi connectivity index (χ3v) is 12.7. The number of sulfone groups is 1. The smallest absolute Gasteiger partial charge is 0.365 e. The van der Waals surface area contributed by atoms with Crippen LogP contribution < -0.4 is 14.9 Å². The predicted octanol–water partition coefficient (Wildman–Crippen LogP) is 7.71. The minimum atomic E-state index is -4.64. The van der Waals surface area contributed by atoms with Gasteiger partial charge in [0.15, 0.2) is 9.84 Å². The molecule has 2 atom stereocenters. The first-order valence-electron chi connectivity index (χ1n) is 16.3. The van der Waals surface area contributed by atoms with Crippen molar-refractivity contribution >= 4 is 43.0 Å². The fourth-order valence-corrected chi connectivity index (χ4v) is 9.46. The number of alkyl halides is 3. The van der Waals surface area contributed by atoms with Crippen LogP contribution >= 0.6 is 0 Å². The highest BCUT2D eigenvalue weighted by Crippen LogP contribution is 2.53. The summed E-state index contributed by atoms with van der Waals surface area (Å²) in [5, 5.41) is 4.76. The molecule has 2 aliphatic heterocycles. The van der Waals surface area contributed by atoms with Crippen molar-refractivity contribution < 1.29 is 30.0 Å². The molecule has 1 fully saturated rings. The molecule has 15 heteroatoms. The second kappa shape index (κ2) is 14.5. The molecule has 2 bridgehead atoms. The molecule has 1 saturated heterocycles. The van der Waals surface area contributed by atoms with Crippen molar-refractivity contribution in [3.63, 3.8) is 0 Å². The summed E-state index contributed by atoms with van der Waals surface area (Å²) in [5.74, 6) is -0.265. The van der Waals surface area contributed by atoms with Crippen LogP contribution in [-0.4, -0.2) is 45.1 Å². The summed E-state index contributed by atoms with van der Waals surface area (Å²) in [4.78, 5) is 12.3. The van der Waals surface area contributed by atoms with E-state index >= 15 is 0 Å². The Bertz CT molecular complexity index is 2070. The van der Waals surface area contributed by atoms with Gasteiger partial charge in [-0.1, -0.05) is 57.5 Å². The molecule has 2 unspecified atom stereocenters. The molecule has 2 aromatic carbocycles. The molecule has 4 heterocycles. The summed E-state index contributed by atoms with van der Waals surface area (Å²) >= 11 is 0. The molecule has 50 heavy (non-hydrogen) atoms. The highest BCUT2D eigenvalue weighted by atomic mass is 32.2. The van der Waals surface area contributed by atoms with Gasteiger partial charge in [-0.3, -0.25) is 9.29 Å². The second-order valence-corrected chi connectivity index (χ2v) is 17.0. The van der Waals surface area contributed by atoms with Gasteiger partial charge in [-0.25, -0.2) is 21.8 Å². The Labute approximate surface area is 291 Å². The molecule has 0 spiro atoms. The van der Waals surface area contributed by atoms with Gasteiger partial charge >= 0.3 is 6.18 Å². The molecule has 0 radical (unpaired) electrons. The summed E-state index contributed by atoms with van der Waals surface area (Å²) in [7, 11) is -4.83. The Morgan fingerprint density at radius 2 is 1.66 bits per heavy atom. The van der Waals surface area contributed by atoms with E-state index in [9.17, 15) is 30.0 Å². The lowest BCUT2D eigenvalue weighted by molar-refractivity contribution is -0.137. The van der Waals surface area contributed by atoms with Crippen LogP contribution in [0.25, 0.3) is 0 Å². The fourth-order valence-electron chi connectivity index (χ4n) is 6.41. The average Bonchev–Trinajstić information content (AvgIpc) is 3.17. The van der Waals surface area contributed by atoms with Crippen LogP contribution in [0.3, 0.4) is 0 Å². The summed E-state index contributed by atoms with van der Waals surface area (Å²) < 4.78 is 90.5. The second-order valence-electron chi connectivity index (χ2n) is 12.7. The Morgan fingerprint density at radius 1 is 0.980 bits per heavy atom. The fraction of sp³-hybridized carbons (Fsp3) is 0.400. The van der Waals surface area contributed by atoms with Gasteiger partial charge in [-0.2, -0.15) is 18.2 Å². The number of aromatic nitrogens is 3. The number of aryl methyl sites for hydroxylation is 1. The molecular weight excluding hydrogens is 690 g/mol. The molecule has 4 aromatic rings. The number of nitrogens with one attached hydrogen (secondary N) is 2. The summed E-state index contributed by atoms with van der Waals surface area (Å²) in [6.45, 7) is 6.06.